The van der Waals surface area contributed by atoms with Gasteiger partial charge in [0.1, 0.15) is 0 Å². The zero-order valence-corrected chi connectivity index (χ0v) is 11.9. The SMILES string of the molecule is O=C(NCC1CCCSC1)NCC1CCCCN1. The van der Waals surface area contributed by atoms with E-state index in [9.17, 15) is 4.79 Å². The van der Waals surface area contributed by atoms with Crippen LogP contribution < -0.4 is 16.0 Å². The summed E-state index contributed by atoms with van der Waals surface area (Å²) in [7, 11) is 0. The highest BCUT2D eigenvalue weighted by atomic mass is 32.2. The van der Waals surface area contributed by atoms with Crippen molar-refractivity contribution in [2.75, 3.05) is 31.1 Å². The number of piperidine rings is 1. The summed E-state index contributed by atoms with van der Waals surface area (Å²) in [6.45, 7) is 2.68. The number of amides is 2. The first-order chi connectivity index (χ1) is 8.84. The van der Waals surface area contributed by atoms with E-state index in [2.05, 4.69) is 16.0 Å². The normalized spacial score (nSPS) is 28.7. The summed E-state index contributed by atoms with van der Waals surface area (Å²) in [5.74, 6) is 3.16. The summed E-state index contributed by atoms with van der Waals surface area (Å²) in [5, 5.41) is 9.41. The lowest BCUT2D eigenvalue weighted by Gasteiger charge is -2.24. The minimum absolute atomic E-state index is 0.00190. The highest BCUT2D eigenvalue weighted by molar-refractivity contribution is 7.99. The van der Waals surface area contributed by atoms with Crippen LogP contribution in [0.25, 0.3) is 0 Å². The van der Waals surface area contributed by atoms with Gasteiger partial charge < -0.3 is 16.0 Å². The summed E-state index contributed by atoms with van der Waals surface area (Å²) in [4.78, 5) is 11.7. The molecule has 4 nitrogen and oxygen atoms in total. The summed E-state index contributed by atoms with van der Waals surface area (Å²) >= 11 is 2.01. The van der Waals surface area contributed by atoms with Crippen LogP contribution in [-0.4, -0.2) is 43.2 Å². The van der Waals surface area contributed by atoms with Crippen LogP contribution in [0.5, 0.6) is 0 Å². The molecule has 0 aliphatic carbocycles. The molecule has 104 valence electrons. The van der Waals surface area contributed by atoms with E-state index >= 15 is 0 Å². The second kappa shape index (κ2) is 7.89. The molecule has 18 heavy (non-hydrogen) atoms. The molecule has 2 unspecified atom stereocenters. The number of rotatable bonds is 4. The zero-order valence-electron chi connectivity index (χ0n) is 11.0. The molecule has 3 N–H and O–H groups in total. The first kappa shape index (κ1) is 14.0. The van der Waals surface area contributed by atoms with Gasteiger partial charge in [-0.05, 0) is 49.7 Å². The Balaban J connectivity index is 1.54. The molecule has 2 saturated heterocycles. The Morgan fingerprint density at radius 2 is 2.06 bits per heavy atom. The highest BCUT2D eigenvalue weighted by Gasteiger charge is 2.16. The lowest BCUT2D eigenvalue weighted by atomic mass is 10.1. The van der Waals surface area contributed by atoms with Gasteiger partial charge in [0.15, 0.2) is 0 Å². The Morgan fingerprint density at radius 1 is 1.17 bits per heavy atom. The molecular weight excluding hydrogens is 246 g/mol. The number of carbonyl (C=O) groups excluding carboxylic acids is 1. The van der Waals surface area contributed by atoms with Crippen molar-refractivity contribution in [3.63, 3.8) is 0 Å². The van der Waals surface area contributed by atoms with Gasteiger partial charge in [-0.15, -0.1) is 0 Å². The van der Waals surface area contributed by atoms with Gasteiger partial charge >= 0.3 is 6.03 Å². The Kier molecular flexibility index (Phi) is 6.14. The Bertz CT molecular complexity index is 227. The summed E-state index contributed by atoms with van der Waals surface area (Å²) < 4.78 is 0. The number of urea groups is 1. The van der Waals surface area contributed by atoms with E-state index in [4.69, 9.17) is 0 Å². The molecule has 2 aliphatic rings. The molecule has 0 spiro atoms. The van der Waals surface area contributed by atoms with Crippen LogP contribution >= 0.6 is 11.8 Å². The summed E-state index contributed by atoms with van der Waals surface area (Å²) in [5.41, 5.74) is 0. The third-order valence-corrected chi connectivity index (χ3v) is 5.01. The fourth-order valence-electron chi connectivity index (χ4n) is 2.58. The highest BCUT2D eigenvalue weighted by Crippen LogP contribution is 2.21. The van der Waals surface area contributed by atoms with Gasteiger partial charge in [-0.3, -0.25) is 0 Å². The fraction of sp³-hybridized carbons (Fsp3) is 0.923. The lowest BCUT2D eigenvalue weighted by molar-refractivity contribution is 0.236. The lowest BCUT2D eigenvalue weighted by Crippen LogP contribution is -2.47. The van der Waals surface area contributed by atoms with Crippen LogP contribution in [0.1, 0.15) is 32.1 Å². The predicted molar refractivity (Wildman–Crippen MR) is 77.1 cm³/mol. The largest absolute Gasteiger partial charge is 0.338 e. The Hall–Kier alpha value is -0.420. The molecule has 0 aromatic rings. The van der Waals surface area contributed by atoms with E-state index in [-0.39, 0.29) is 6.03 Å². The topological polar surface area (TPSA) is 53.2 Å². The molecule has 0 aromatic carbocycles. The molecule has 5 heteroatoms. The first-order valence-electron chi connectivity index (χ1n) is 7.17. The van der Waals surface area contributed by atoms with Gasteiger partial charge in [0.2, 0.25) is 0 Å². The van der Waals surface area contributed by atoms with Crippen molar-refractivity contribution in [2.24, 2.45) is 5.92 Å². The van der Waals surface area contributed by atoms with Gasteiger partial charge in [0.05, 0.1) is 0 Å². The van der Waals surface area contributed by atoms with E-state index in [1.165, 1.54) is 43.6 Å². The number of carbonyl (C=O) groups is 1. The molecule has 0 aromatic heterocycles. The molecule has 2 aliphatic heterocycles. The van der Waals surface area contributed by atoms with Crippen molar-refractivity contribution in [2.45, 2.75) is 38.1 Å². The molecular formula is C13H25N3OS. The van der Waals surface area contributed by atoms with E-state index in [1.54, 1.807) is 0 Å². The van der Waals surface area contributed by atoms with Crippen LogP contribution in [0.15, 0.2) is 0 Å². The van der Waals surface area contributed by atoms with Crippen molar-refractivity contribution >= 4 is 17.8 Å². The van der Waals surface area contributed by atoms with Gasteiger partial charge in [-0.25, -0.2) is 4.79 Å². The van der Waals surface area contributed by atoms with Crippen LogP contribution in [0.3, 0.4) is 0 Å². The molecule has 2 heterocycles. The van der Waals surface area contributed by atoms with Gasteiger partial charge in [0.25, 0.3) is 0 Å². The maximum absolute atomic E-state index is 11.7. The van der Waals surface area contributed by atoms with Crippen molar-refractivity contribution in [1.82, 2.24) is 16.0 Å². The first-order valence-corrected chi connectivity index (χ1v) is 8.33. The van der Waals surface area contributed by atoms with Crippen molar-refractivity contribution in [3.05, 3.63) is 0 Å². The molecule has 2 rings (SSSR count). The number of hydrogen-bond donors (Lipinski definition) is 3. The van der Waals surface area contributed by atoms with Gasteiger partial charge in [-0.2, -0.15) is 11.8 Å². The maximum atomic E-state index is 11.7. The van der Waals surface area contributed by atoms with E-state index in [0.29, 0.717) is 12.0 Å². The van der Waals surface area contributed by atoms with Crippen LogP contribution in [-0.2, 0) is 0 Å². The van der Waals surface area contributed by atoms with Crippen LogP contribution in [0.2, 0.25) is 0 Å². The average Bonchev–Trinajstić information content (AvgIpc) is 2.45. The van der Waals surface area contributed by atoms with Crippen LogP contribution in [0.4, 0.5) is 4.79 Å². The van der Waals surface area contributed by atoms with Crippen LogP contribution in [0, 0.1) is 5.92 Å². The average molecular weight is 271 g/mol. The van der Waals surface area contributed by atoms with E-state index in [1.807, 2.05) is 11.8 Å². The van der Waals surface area contributed by atoms with Crippen molar-refractivity contribution < 1.29 is 4.79 Å². The minimum atomic E-state index is -0.00190. The van der Waals surface area contributed by atoms with E-state index < -0.39 is 0 Å². The minimum Gasteiger partial charge on any atom is -0.338 e. The predicted octanol–water partition coefficient (Wildman–Crippen LogP) is 1.57. The number of nitrogens with one attached hydrogen (secondary N) is 3. The second-order valence-corrected chi connectivity index (χ2v) is 6.47. The third kappa shape index (κ3) is 5.06. The quantitative estimate of drug-likeness (QED) is 0.727. The molecule has 0 radical (unpaired) electrons. The summed E-state index contributed by atoms with van der Waals surface area (Å²) in [6.07, 6.45) is 6.28. The fourth-order valence-corrected chi connectivity index (χ4v) is 3.74. The second-order valence-electron chi connectivity index (χ2n) is 5.32. The van der Waals surface area contributed by atoms with E-state index in [0.717, 1.165) is 19.6 Å². The molecule has 2 fully saturated rings. The van der Waals surface area contributed by atoms with Gasteiger partial charge in [-0.1, -0.05) is 6.42 Å². The van der Waals surface area contributed by atoms with Crippen molar-refractivity contribution in [3.8, 4) is 0 Å². The third-order valence-electron chi connectivity index (χ3n) is 3.73. The summed E-state index contributed by atoms with van der Waals surface area (Å²) in [6, 6.07) is 0.465. The van der Waals surface area contributed by atoms with Crippen molar-refractivity contribution in [1.29, 1.82) is 0 Å². The molecule has 2 amide bonds. The number of hydrogen-bond acceptors (Lipinski definition) is 3. The smallest absolute Gasteiger partial charge is 0.314 e. The Morgan fingerprint density at radius 3 is 2.78 bits per heavy atom. The zero-order chi connectivity index (χ0) is 12.6. The number of thioether (sulfide) groups is 1. The molecule has 2 atom stereocenters. The van der Waals surface area contributed by atoms with Gasteiger partial charge in [0, 0.05) is 19.1 Å². The standard InChI is InChI=1S/C13H25N3OS/c17-13(15-8-11-4-3-7-18-10-11)16-9-12-5-1-2-6-14-12/h11-12,14H,1-10H2,(H2,15,16,17). The molecule has 0 saturated carbocycles. The monoisotopic (exact) mass is 271 g/mol. The molecule has 0 bridgehead atoms. The Labute approximate surface area is 114 Å². The maximum Gasteiger partial charge on any atom is 0.314 e.